The molecule has 0 unspecified atom stereocenters. The van der Waals surface area contributed by atoms with Gasteiger partial charge in [0.1, 0.15) is 0 Å². The monoisotopic (exact) mass is 204 g/mol. The smallest absolute Gasteiger partial charge is 0.0896 e. The fourth-order valence-electron chi connectivity index (χ4n) is 2.39. The highest BCUT2D eigenvalue weighted by Gasteiger charge is 2.33. The van der Waals surface area contributed by atoms with Crippen molar-refractivity contribution >= 4 is 0 Å². The summed E-state index contributed by atoms with van der Waals surface area (Å²) in [6, 6.07) is 8.33. The van der Waals surface area contributed by atoms with Crippen molar-refractivity contribution in [2.24, 2.45) is 5.92 Å². The van der Waals surface area contributed by atoms with E-state index in [2.05, 4.69) is 38.1 Å². The van der Waals surface area contributed by atoms with Gasteiger partial charge in [0.05, 0.1) is 5.60 Å². The first-order valence-electron chi connectivity index (χ1n) is 5.90. The molecule has 0 bridgehead atoms. The molecule has 0 spiro atoms. The van der Waals surface area contributed by atoms with Gasteiger partial charge in [-0.25, -0.2) is 0 Å². The predicted octanol–water partition coefficient (Wildman–Crippen LogP) is 3.39. The molecule has 1 aromatic rings. The first kappa shape index (κ1) is 10.7. The molecule has 1 heteroatoms. The van der Waals surface area contributed by atoms with E-state index in [1.54, 1.807) is 0 Å². The molecule has 1 aliphatic carbocycles. The van der Waals surface area contributed by atoms with Crippen LogP contribution in [0.5, 0.6) is 0 Å². The molecule has 0 saturated heterocycles. The lowest BCUT2D eigenvalue weighted by Crippen LogP contribution is -2.30. The molecule has 0 aromatic heterocycles. The number of hydrogen-bond donors (Lipinski definition) is 1. The number of hydrogen-bond acceptors (Lipinski definition) is 1. The Labute approximate surface area is 92.1 Å². The molecule has 1 nitrogen and oxygen atoms in total. The molecule has 82 valence electrons. The van der Waals surface area contributed by atoms with Crippen molar-refractivity contribution in [3.8, 4) is 0 Å². The molecule has 2 rings (SSSR count). The third-order valence-electron chi connectivity index (χ3n) is 3.69. The number of benzene rings is 1. The number of aliphatic hydroxyl groups is 1. The summed E-state index contributed by atoms with van der Waals surface area (Å²) in [5, 5.41) is 10.6. The molecular formula is C14H20O. The standard InChI is InChI=1S/C14H20O/c1-11-3-5-13(6-4-11)14(15)9-7-12(2)8-10-14/h3-6,12,15H,7-10H2,1-2H3. The Morgan fingerprint density at radius 1 is 1.13 bits per heavy atom. The van der Waals surface area contributed by atoms with Crippen LogP contribution in [0.4, 0.5) is 0 Å². The van der Waals surface area contributed by atoms with Gasteiger partial charge in [0.15, 0.2) is 0 Å². The minimum atomic E-state index is -0.555. The first-order valence-corrected chi connectivity index (χ1v) is 5.90. The quantitative estimate of drug-likeness (QED) is 0.743. The van der Waals surface area contributed by atoms with E-state index in [1.807, 2.05) is 0 Å². The molecule has 1 saturated carbocycles. The van der Waals surface area contributed by atoms with Crippen LogP contribution in [-0.4, -0.2) is 5.11 Å². The topological polar surface area (TPSA) is 20.2 Å². The lowest BCUT2D eigenvalue weighted by molar-refractivity contribution is -0.0120. The Bertz CT molecular complexity index is 318. The van der Waals surface area contributed by atoms with E-state index in [0.29, 0.717) is 0 Å². The van der Waals surface area contributed by atoms with Crippen LogP contribution in [-0.2, 0) is 5.60 Å². The normalized spacial score (nSPS) is 31.5. The van der Waals surface area contributed by atoms with Gasteiger partial charge in [-0.2, -0.15) is 0 Å². The minimum Gasteiger partial charge on any atom is -0.385 e. The van der Waals surface area contributed by atoms with Gasteiger partial charge in [0, 0.05) is 0 Å². The predicted molar refractivity (Wildman–Crippen MR) is 62.7 cm³/mol. The molecule has 0 heterocycles. The van der Waals surface area contributed by atoms with E-state index in [-0.39, 0.29) is 0 Å². The Morgan fingerprint density at radius 3 is 2.20 bits per heavy atom. The van der Waals surface area contributed by atoms with Gasteiger partial charge in [-0.15, -0.1) is 0 Å². The zero-order valence-corrected chi connectivity index (χ0v) is 9.66. The summed E-state index contributed by atoms with van der Waals surface area (Å²) in [5.74, 6) is 0.774. The zero-order valence-electron chi connectivity index (χ0n) is 9.66. The summed E-state index contributed by atoms with van der Waals surface area (Å²) in [4.78, 5) is 0. The lowest BCUT2D eigenvalue weighted by atomic mass is 9.76. The maximum atomic E-state index is 10.6. The highest BCUT2D eigenvalue weighted by Crippen LogP contribution is 2.39. The van der Waals surface area contributed by atoms with E-state index in [1.165, 1.54) is 5.56 Å². The van der Waals surface area contributed by atoms with Crippen LogP contribution >= 0.6 is 0 Å². The van der Waals surface area contributed by atoms with Crippen LogP contribution < -0.4 is 0 Å². The molecule has 0 amide bonds. The maximum absolute atomic E-state index is 10.6. The van der Waals surface area contributed by atoms with Crippen LogP contribution in [0.2, 0.25) is 0 Å². The van der Waals surface area contributed by atoms with Crippen molar-refractivity contribution in [2.75, 3.05) is 0 Å². The molecule has 15 heavy (non-hydrogen) atoms. The van der Waals surface area contributed by atoms with Gasteiger partial charge in [-0.3, -0.25) is 0 Å². The van der Waals surface area contributed by atoms with E-state index >= 15 is 0 Å². The lowest BCUT2D eigenvalue weighted by Gasteiger charge is -2.35. The highest BCUT2D eigenvalue weighted by atomic mass is 16.3. The molecule has 0 radical (unpaired) electrons. The summed E-state index contributed by atoms with van der Waals surface area (Å²) in [5.41, 5.74) is 1.80. The average Bonchev–Trinajstić information content (AvgIpc) is 2.24. The van der Waals surface area contributed by atoms with Crippen molar-refractivity contribution in [1.29, 1.82) is 0 Å². The molecule has 1 fully saturated rings. The molecule has 1 aromatic carbocycles. The van der Waals surface area contributed by atoms with Gasteiger partial charge < -0.3 is 5.11 Å². The Morgan fingerprint density at radius 2 is 1.67 bits per heavy atom. The summed E-state index contributed by atoms with van der Waals surface area (Å²) in [6.45, 7) is 4.35. The number of rotatable bonds is 1. The van der Waals surface area contributed by atoms with Crippen molar-refractivity contribution in [1.82, 2.24) is 0 Å². The summed E-state index contributed by atoms with van der Waals surface area (Å²) < 4.78 is 0. The van der Waals surface area contributed by atoms with Gasteiger partial charge in [-0.05, 0) is 44.1 Å². The van der Waals surface area contributed by atoms with Crippen LogP contribution in [0.1, 0.15) is 43.7 Å². The van der Waals surface area contributed by atoms with Crippen LogP contribution in [0.25, 0.3) is 0 Å². The van der Waals surface area contributed by atoms with Crippen LogP contribution in [0.15, 0.2) is 24.3 Å². The maximum Gasteiger partial charge on any atom is 0.0896 e. The summed E-state index contributed by atoms with van der Waals surface area (Å²) >= 11 is 0. The Kier molecular flexibility index (Phi) is 2.83. The Balaban J connectivity index is 2.18. The number of aryl methyl sites for hydroxylation is 1. The zero-order chi connectivity index (χ0) is 10.9. The van der Waals surface area contributed by atoms with Gasteiger partial charge in [-0.1, -0.05) is 36.8 Å². The second-order valence-electron chi connectivity index (χ2n) is 5.08. The third-order valence-corrected chi connectivity index (χ3v) is 3.69. The summed E-state index contributed by atoms with van der Waals surface area (Å²) in [6.07, 6.45) is 4.11. The van der Waals surface area contributed by atoms with Crippen LogP contribution in [0, 0.1) is 12.8 Å². The molecule has 1 N–H and O–H groups in total. The average molecular weight is 204 g/mol. The van der Waals surface area contributed by atoms with E-state index in [9.17, 15) is 5.11 Å². The third kappa shape index (κ3) is 2.23. The van der Waals surface area contributed by atoms with Gasteiger partial charge >= 0.3 is 0 Å². The van der Waals surface area contributed by atoms with Crippen molar-refractivity contribution < 1.29 is 5.11 Å². The highest BCUT2D eigenvalue weighted by molar-refractivity contribution is 5.26. The second-order valence-corrected chi connectivity index (χ2v) is 5.08. The van der Waals surface area contributed by atoms with Crippen molar-refractivity contribution in [3.63, 3.8) is 0 Å². The van der Waals surface area contributed by atoms with Crippen molar-refractivity contribution in [2.45, 2.75) is 45.1 Å². The van der Waals surface area contributed by atoms with Crippen molar-refractivity contribution in [3.05, 3.63) is 35.4 Å². The fraction of sp³-hybridized carbons (Fsp3) is 0.571. The van der Waals surface area contributed by atoms with Crippen LogP contribution in [0.3, 0.4) is 0 Å². The minimum absolute atomic E-state index is 0.555. The van der Waals surface area contributed by atoms with E-state index in [4.69, 9.17) is 0 Å². The molecule has 1 aliphatic rings. The second kappa shape index (κ2) is 3.97. The van der Waals surface area contributed by atoms with Gasteiger partial charge in [0.25, 0.3) is 0 Å². The Hall–Kier alpha value is -0.820. The molecule has 0 atom stereocenters. The first-order chi connectivity index (χ1) is 7.10. The van der Waals surface area contributed by atoms with E-state index < -0.39 is 5.60 Å². The van der Waals surface area contributed by atoms with Gasteiger partial charge in [0.2, 0.25) is 0 Å². The molecule has 0 aliphatic heterocycles. The summed E-state index contributed by atoms with van der Waals surface area (Å²) in [7, 11) is 0. The largest absolute Gasteiger partial charge is 0.385 e. The van der Waals surface area contributed by atoms with E-state index in [0.717, 1.165) is 37.2 Å². The fourth-order valence-corrected chi connectivity index (χ4v) is 2.39. The SMILES string of the molecule is Cc1ccc(C2(O)CCC(C)CC2)cc1. The molecular weight excluding hydrogens is 184 g/mol.